The average Bonchev–Trinajstić information content (AvgIpc) is 2.24. The molecule has 0 aliphatic heterocycles. The second-order valence-electron chi connectivity index (χ2n) is 4.23. The van der Waals surface area contributed by atoms with Crippen molar-refractivity contribution >= 4 is 0 Å². The maximum Gasteiger partial charge on any atom is 0.131 e. The number of nitrogens with zero attached hydrogens (tertiary/aromatic N) is 1. The Morgan fingerprint density at radius 2 is 1.94 bits per heavy atom. The van der Waals surface area contributed by atoms with Gasteiger partial charge in [-0.25, -0.2) is 8.78 Å². The molecule has 0 saturated heterocycles. The first kappa shape index (κ1) is 12.0. The molecule has 3 nitrogen and oxygen atoms in total. The first-order valence-electron chi connectivity index (χ1n) is 5.39. The second-order valence-corrected chi connectivity index (χ2v) is 4.23. The van der Waals surface area contributed by atoms with Crippen LogP contribution in [0.25, 0.3) is 0 Å². The van der Waals surface area contributed by atoms with E-state index in [-0.39, 0.29) is 29.8 Å². The molecule has 1 aromatic rings. The largest absolute Gasteiger partial charge is 0.393 e. The number of rotatable bonds is 3. The number of benzene rings is 1. The van der Waals surface area contributed by atoms with Crippen molar-refractivity contribution in [2.45, 2.75) is 31.5 Å². The van der Waals surface area contributed by atoms with Crippen LogP contribution in [-0.4, -0.2) is 17.3 Å². The minimum absolute atomic E-state index is 0.0252. The van der Waals surface area contributed by atoms with E-state index >= 15 is 0 Å². The highest BCUT2D eigenvalue weighted by Crippen LogP contribution is 2.21. The van der Waals surface area contributed by atoms with E-state index in [1.54, 1.807) is 6.07 Å². The van der Waals surface area contributed by atoms with Crippen molar-refractivity contribution in [2.75, 3.05) is 0 Å². The van der Waals surface area contributed by atoms with E-state index in [4.69, 9.17) is 10.4 Å². The fraction of sp³-hybridized carbons (Fsp3) is 0.417. The van der Waals surface area contributed by atoms with Crippen LogP contribution in [0.1, 0.15) is 24.0 Å². The summed E-state index contributed by atoms with van der Waals surface area (Å²) in [5.41, 5.74) is -0.0896. The standard InChI is InChI=1S/C12H12F2N2O/c13-11-1-7(5-15)2-12(14)10(11)6-16-8-3-9(17)4-8/h1-2,8-9,16-17H,3-4,6H2. The third-order valence-electron chi connectivity index (χ3n) is 2.95. The maximum absolute atomic E-state index is 13.5. The Hall–Kier alpha value is -1.51. The first-order valence-corrected chi connectivity index (χ1v) is 5.39. The number of nitrogens with one attached hydrogen (secondary N) is 1. The minimum atomic E-state index is -0.714. The zero-order chi connectivity index (χ0) is 12.4. The molecule has 0 atom stereocenters. The predicted molar refractivity (Wildman–Crippen MR) is 56.9 cm³/mol. The number of hydrogen-bond donors (Lipinski definition) is 2. The van der Waals surface area contributed by atoms with Crippen LogP contribution in [0.5, 0.6) is 0 Å². The molecule has 2 N–H and O–H groups in total. The summed E-state index contributed by atoms with van der Waals surface area (Å²) in [5.74, 6) is -1.43. The Morgan fingerprint density at radius 1 is 1.35 bits per heavy atom. The monoisotopic (exact) mass is 238 g/mol. The van der Waals surface area contributed by atoms with Gasteiger partial charge in [0.05, 0.1) is 17.7 Å². The molecule has 5 heteroatoms. The molecule has 2 rings (SSSR count). The van der Waals surface area contributed by atoms with Crippen LogP contribution < -0.4 is 5.32 Å². The van der Waals surface area contributed by atoms with E-state index in [9.17, 15) is 8.78 Å². The summed E-state index contributed by atoms with van der Waals surface area (Å²) in [5, 5.41) is 20.6. The third kappa shape index (κ3) is 2.60. The lowest BCUT2D eigenvalue weighted by Gasteiger charge is -2.32. The summed E-state index contributed by atoms with van der Waals surface area (Å²) in [6.07, 6.45) is 0.919. The number of nitriles is 1. The Labute approximate surface area is 97.7 Å². The Kier molecular flexibility index (Phi) is 3.36. The zero-order valence-electron chi connectivity index (χ0n) is 9.08. The van der Waals surface area contributed by atoms with Crippen molar-refractivity contribution in [3.05, 3.63) is 34.9 Å². The molecule has 1 saturated carbocycles. The van der Waals surface area contributed by atoms with Crippen LogP contribution in [0.15, 0.2) is 12.1 Å². The van der Waals surface area contributed by atoms with E-state index in [0.717, 1.165) is 12.1 Å². The highest BCUT2D eigenvalue weighted by atomic mass is 19.1. The van der Waals surface area contributed by atoms with Gasteiger partial charge < -0.3 is 10.4 Å². The molecule has 1 aromatic carbocycles. The molecule has 0 radical (unpaired) electrons. The van der Waals surface area contributed by atoms with Crippen LogP contribution in [-0.2, 0) is 6.54 Å². The van der Waals surface area contributed by atoms with E-state index in [2.05, 4.69) is 5.32 Å². The van der Waals surface area contributed by atoms with Crippen molar-refractivity contribution < 1.29 is 13.9 Å². The van der Waals surface area contributed by atoms with E-state index in [1.165, 1.54) is 0 Å². The third-order valence-corrected chi connectivity index (χ3v) is 2.95. The van der Waals surface area contributed by atoms with Gasteiger partial charge in [0.2, 0.25) is 0 Å². The molecule has 1 fully saturated rings. The molecular formula is C12H12F2N2O. The van der Waals surface area contributed by atoms with Crippen molar-refractivity contribution in [3.63, 3.8) is 0 Å². The van der Waals surface area contributed by atoms with Crippen LogP contribution in [0, 0.1) is 23.0 Å². The summed E-state index contributed by atoms with van der Waals surface area (Å²) in [4.78, 5) is 0. The molecule has 0 amide bonds. The van der Waals surface area contributed by atoms with Crippen molar-refractivity contribution in [3.8, 4) is 6.07 Å². The van der Waals surface area contributed by atoms with Gasteiger partial charge in [-0.05, 0) is 25.0 Å². The first-order chi connectivity index (χ1) is 8.10. The van der Waals surface area contributed by atoms with Gasteiger partial charge in [0, 0.05) is 18.2 Å². The second kappa shape index (κ2) is 4.78. The predicted octanol–water partition coefficient (Wildman–Crippen LogP) is 1.45. The molecule has 17 heavy (non-hydrogen) atoms. The lowest BCUT2D eigenvalue weighted by molar-refractivity contribution is 0.0617. The van der Waals surface area contributed by atoms with Crippen LogP contribution in [0.3, 0.4) is 0 Å². The Balaban J connectivity index is 2.03. The molecule has 0 bridgehead atoms. The molecule has 0 spiro atoms. The van der Waals surface area contributed by atoms with Crippen molar-refractivity contribution in [1.82, 2.24) is 5.32 Å². The maximum atomic E-state index is 13.5. The van der Waals surface area contributed by atoms with Crippen molar-refractivity contribution in [1.29, 1.82) is 5.26 Å². The molecule has 90 valence electrons. The molecule has 1 aliphatic rings. The van der Waals surface area contributed by atoms with Gasteiger partial charge >= 0.3 is 0 Å². The average molecular weight is 238 g/mol. The normalized spacial score (nSPS) is 22.9. The Morgan fingerprint density at radius 3 is 2.41 bits per heavy atom. The van der Waals surface area contributed by atoms with Crippen LogP contribution >= 0.6 is 0 Å². The van der Waals surface area contributed by atoms with Gasteiger partial charge in [-0.1, -0.05) is 0 Å². The van der Waals surface area contributed by atoms with Crippen LogP contribution in [0.2, 0.25) is 0 Å². The number of hydrogen-bond acceptors (Lipinski definition) is 3. The fourth-order valence-corrected chi connectivity index (χ4v) is 1.84. The fourth-order valence-electron chi connectivity index (χ4n) is 1.84. The number of halogens is 2. The van der Waals surface area contributed by atoms with Crippen LogP contribution in [0.4, 0.5) is 8.78 Å². The Bertz CT molecular complexity index is 441. The van der Waals surface area contributed by atoms with Gasteiger partial charge in [-0.15, -0.1) is 0 Å². The smallest absolute Gasteiger partial charge is 0.131 e. The van der Waals surface area contributed by atoms with Crippen molar-refractivity contribution in [2.24, 2.45) is 0 Å². The van der Waals surface area contributed by atoms with Gasteiger partial charge in [-0.2, -0.15) is 5.26 Å². The van der Waals surface area contributed by atoms with E-state index in [1.807, 2.05) is 0 Å². The summed E-state index contributed by atoms with van der Waals surface area (Å²) in [7, 11) is 0. The summed E-state index contributed by atoms with van der Waals surface area (Å²) >= 11 is 0. The molecule has 0 heterocycles. The lowest BCUT2D eigenvalue weighted by Crippen LogP contribution is -2.43. The molecule has 0 unspecified atom stereocenters. The molecular weight excluding hydrogens is 226 g/mol. The highest BCUT2D eigenvalue weighted by Gasteiger charge is 2.26. The SMILES string of the molecule is N#Cc1cc(F)c(CNC2CC(O)C2)c(F)c1. The number of aliphatic hydroxyl groups excluding tert-OH is 1. The zero-order valence-corrected chi connectivity index (χ0v) is 9.08. The van der Waals surface area contributed by atoms with Gasteiger partial charge in [0.15, 0.2) is 0 Å². The van der Waals surface area contributed by atoms with E-state index < -0.39 is 11.6 Å². The van der Waals surface area contributed by atoms with E-state index in [0.29, 0.717) is 12.8 Å². The lowest BCUT2D eigenvalue weighted by atomic mass is 9.89. The van der Waals surface area contributed by atoms with Gasteiger partial charge in [0.25, 0.3) is 0 Å². The number of aliphatic hydroxyl groups is 1. The molecule has 1 aliphatic carbocycles. The summed E-state index contributed by atoms with van der Waals surface area (Å²) in [6, 6.07) is 3.85. The van der Waals surface area contributed by atoms with Gasteiger partial charge in [0.1, 0.15) is 11.6 Å². The van der Waals surface area contributed by atoms with Gasteiger partial charge in [-0.3, -0.25) is 0 Å². The minimum Gasteiger partial charge on any atom is -0.393 e. The topological polar surface area (TPSA) is 56.0 Å². The highest BCUT2D eigenvalue weighted by molar-refractivity contribution is 5.34. The molecule has 0 aromatic heterocycles. The quantitative estimate of drug-likeness (QED) is 0.838. The summed E-state index contributed by atoms with van der Waals surface area (Å²) < 4.78 is 26.9. The summed E-state index contributed by atoms with van der Waals surface area (Å²) in [6.45, 7) is 0.0702.